The van der Waals surface area contributed by atoms with Gasteiger partial charge in [-0.05, 0) is 103 Å². The molecule has 1 aliphatic rings. The average molecular weight is 644 g/mol. The van der Waals surface area contributed by atoms with Gasteiger partial charge in [-0.25, -0.2) is 4.79 Å². The van der Waals surface area contributed by atoms with E-state index in [4.69, 9.17) is 4.74 Å². The van der Waals surface area contributed by atoms with Crippen molar-refractivity contribution >= 4 is 35.4 Å². The highest BCUT2D eigenvalue weighted by Gasteiger charge is 2.13. The molecule has 1 N–H and O–H groups in total. The maximum Gasteiger partial charge on any atom is 0.330 e. The smallest absolute Gasteiger partial charge is 0.330 e. The molecule has 1 heterocycles. The molecule has 2 aromatic rings. The van der Waals surface area contributed by atoms with Crippen LogP contribution in [0.1, 0.15) is 75.7 Å². The van der Waals surface area contributed by atoms with Crippen molar-refractivity contribution in [3.05, 3.63) is 101 Å². The molecule has 1 fully saturated rings. The first-order chi connectivity index (χ1) is 22.2. The van der Waals surface area contributed by atoms with Crippen LogP contribution in [-0.4, -0.2) is 73.8 Å². The maximum absolute atomic E-state index is 13.2. The molecule has 2 aromatic carbocycles. The summed E-state index contributed by atoms with van der Waals surface area (Å²) in [5.41, 5.74) is 6.42. The van der Waals surface area contributed by atoms with Gasteiger partial charge in [-0.1, -0.05) is 59.2 Å². The number of rotatable bonds is 17. The Morgan fingerprint density at radius 3 is 2.26 bits per heavy atom. The van der Waals surface area contributed by atoms with E-state index in [0.29, 0.717) is 17.9 Å². The predicted octanol–water partition coefficient (Wildman–Crippen LogP) is 8.64. The lowest BCUT2D eigenvalue weighted by Crippen LogP contribution is -2.44. The summed E-state index contributed by atoms with van der Waals surface area (Å²) in [5.74, 6) is 0.340. The second kappa shape index (κ2) is 20.7. The van der Waals surface area contributed by atoms with Gasteiger partial charge in [0.2, 0.25) is 0 Å². The molecule has 0 spiro atoms. The summed E-state index contributed by atoms with van der Waals surface area (Å²) in [7, 11) is 2.14. The largest absolute Gasteiger partial charge is 0.462 e. The summed E-state index contributed by atoms with van der Waals surface area (Å²) in [6.07, 6.45) is 15.3. The van der Waals surface area contributed by atoms with Crippen molar-refractivity contribution in [3.63, 3.8) is 0 Å². The van der Waals surface area contributed by atoms with Gasteiger partial charge >= 0.3 is 5.97 Å². The van der Waals surface area contributed by atoms with Crippen molar-refractivity contribution in [2.24, 2.45) is 0 Å². The molecule has 0 unspecified atom stereocenters. The minimum absolute atomic E-state index is 0.138. The number of anilines is 1. The van der Waals surface area contributed by atoms with Crippen molar-refractivity contribution in [1.29, 1.82) is 0 Å². The third-order valence-corrected chi connectivity index (χ3v) is 8.96. The molecule has 0 aromatic heterocycles. The summed E-state index contributed by atoms with van der Waals surface area (Å²) in [6.45, 7) is 14.4. The Balaban J connectivity index is 1.40. The van der Waals surface area contributed by atoms with Gasteiger partial charge in [0.1, 0.15) is 0 Å². The summed E-state index contributed by atoms with van der Waals surface area (Å²) in [6, 6.07) is 15.2. The van der Waals surface area contributed by atoms with E-state index >= 15 is 0 Å². The third kappa shape index (κ3) is 14.8. The van der Waals surface area contributed by atoms with Crippen LogP contribution in [0.25, 0.3) is 6.08 Å². The number of hydrogen-bond acceptors (Lipinski definition) is 6. The average Bonchev–Trinajstić information content (AvgIpc) is 3.03. The van der Waals surface area contributed by atoms with E-state index in [9.17, 15) is 9.59 Å². The molecule has 1 aliphatic heterocycles. The van der Waals surface area contributed by atoms with Gasteiger partial charge in [0.15, 0.2) is 0 Å². The molecule has 6 nitrogen and oxygen atoms in total. The second-order valence-corrected chi connectivity index (χ2v) is 13.4. The fraction of sp³-hybridized carbons (Fsp3) is 0.436. The number of allylic oxidation sites excluding steroid dienone is 5. The van der Waals surface area contributed by atoms with Gasteiger partial charge in [-0.3, -0.25) is 4.79 Å². The lowest BCUT2D eigenvalue weighted by molar-refractivity contribution is -0.137. The summed E-state index contributed by atoms with van der Waals surface area (Å²) >= 11 is 1.68. The van der Waals surface area contributed by atoms with E-state index in [0.717, 1.165) is 81.0 Å². The Labute approximate surface area is 281 Å². The quantitative estimate of drug-likeness (QED) is 0.0612. The summed E-state index contributed by atoms with van der Waals surface area (Å²) in [5, 5.41) is 3.01. The number of carbonyl (C=O) groups excluding carboxylic acids is 2. The fourth-order valence-electron chi connectivity index (χ4n) is 5.01. The Hall–Kier alpha value is -3.39. The number of thioether (sulfide) groups is 1. The Morgan fingerprint density at radius 1 is 0.870 bits per heavy atom. The van der Waals surface area contributed by atoms with Crippen LogP contribution >= 0.6 is 11.8 Å². The minimum Gasteiger partial charge on any atom is -0.462 e. The van der Waals surface area contributed by atoms with Gasteiger partial charge < -0.3 is 19.9 Å². The van der Waals surface area contributed by atoms with Gasteiger partial charge in [0.05, 0.1) is 12.2 Å². The van der Waals surface area contributed by atoms with E-state index in [1.54, 1.807) is 17.8 Å². The van der Waals surface area contributed by atoms with Gasteiger partial charge in [0.25, 0.3) is 5.91 Å². The normalized spacial score (nSPS) is 14.8. The number of hydrogen-bond donors (Lipinski definition) is 1. The lowest BCUT2D eigenvalue weighted by atomic mass is 10.1. The van der Waals surface area contributed by atoms with Crippen LogP contribution in [0.5, 0.6) is 0 Å². The Bertz CT molecular complexity index is 1370. The minimum atomic E-state index is -0.340. The Kier molecular flexibility index (Phi) is 16.7. The molecule has 0 aliphatic carbocycles. The monoisotopic (exact) mass is 643 g/mol. The zero-order valence-electron chi connectivity index (χ0n) is 28.5. The van der Waals surface area contributed by atoms with Crippen molar-refractivity contribution in [3.8, 4) is 0 Å². The molecular weight excluding hydrogens is 591 g/mol. The molecule has 3 rings (SSSR count). The summed E-state index contributed by atoms with van der Waals surface area (Å²) in [4.78, 5) is 31.0. The molecule has 0 saturated carbocycles. The highest BCUT2D eigenvalue weighted by Crippen LogP contribution is 2.25. The SMILES string of the molecule is CC(C)=CCC/C(C)=C/CC/C(C)=C/CSc1ccccc1C(=O)Nc1ccc(/C=C/C(=O)OCCCN2CCN(C)CC2)cc1. The van der Waals surface area contributed by atoms with Crippen LogP contribution in [0.2, 0.25) is 0 Å². The number of esters is 1. The number of piperazine rings is 1. The number of nitrogens with one attached hydrogen (secondary N) is 1. The molecule has 46 heavy (non-hydrogen) atoms. The first-order valence-electron chi connectivity index (χ1n) is 16.5. The number of likely N-dealkylation sites (N-methyl/N-ethyl adjacent to an activating group) is 1. The van der Waals surface area contributed by atoms with E-state index in [-0.39, 0.29) is 11.9 Å². The molecule has 1 amide bonds. The third-order valence-electron chi connectivity index (χ3n) is 7.96. The molecule has 0 bridgehead atoms. The zero-order chi connectivity index (χ0) is 33.1. The van der Waals surface area contributed by atoms with Crippen LogP contribution in [0.15, 0.2) is 94.4 Å². The summed E-state index contributed by atoms with van der Waals surface area (Å²) < 4.78 is 5.37. The lowest BCUT2D eigenvalue weighted by Gasteiger charge is -2.32. The first kappa shape index (κ1) is 37.1. The van der Waals surface area contributed by atoms with E-state index in [1.807, 2.05) is 48.5 Å². The molecule has 0 radical (unpaired) electrons. The van der Waals surface area contributed by atoms with Crippen LogP contribution < -0.4 is 5.32 Å². The topological polar surface area (TPSA) is 61.9 Å². The van der Waals surface area contributed by atoms with Crippen molar-refractivity contribution < 1.29 is 14.3 Å². The second-order valence-electron chi connectivity index (χ2n) is 12.3. The first-order valence-corrected chi connectivity index (χ1v) is 17.5. The molecule has 248 valence electrons. The van der Waals surface area contributed by atoms with Crippen LogP contribution in [0.3, 0.4) is 0 Å². The highest BCUT2D eigenvalue weighted by atomic mass is 32.2. The van der Waals surface area contributed by atoms with E-state index < -0.39 is 0 Å². The van der Waals surface area contributed by atoms with Crippen molar-refractivity contribution in [1.82, 2.24) is 9.80 Å². The predicted molar refractivity (Wildman–Crippen MR) is 196 cm³/mol. The molecule has 7 heteroatoms. The molecular formula is C39H53N3O3S. The van der Waals surface area contributed by atoms with Gasteiger partial charge in [0, 0.05) is 55.1 Å². The number of benzene rings is 2. The van der Waals surface area contributed by atoms with Gasteiger partial charge in [-0.15, -0.1) is 11.8 Å². The fourth-order valence-corrected chi connectivity index (χ4v) is 6.05. The van der Waals surface area contributed by atoms with Crippen LogP contribution in [-0.2, 0) is 9.53 Å². The van der Waals surface area contributed by atoms with E-state index in [1.165, 1.54) is 22.8 Å². The molecule has 1 saturated heterocycles. The number of nitrogens with zero attached hydrogens (tertiary/aromatic N) is 2. The highest BCUT2D eigenvalue weighted by molar-refractivity contribution is 7.99. The van der Waals surface area contributed by atoms with E-state index in [2.05, 4.69) is 68.1 Å². The van der Waals surface area contributed by atoms with Gasteiger partial charge in [-0.2, -0.15) is 0 Å². The van der Waals surface area contributed by atoms with Crippen LogP contribution in [0, 0.1) is 0 Å². The Morgan fingerprint density at radius 2 is 1.54 bits per heavy atom. The standard InChI is InChI=1S/C39H53N3O3S/c1-31(2)11-8-12-32(3)13-9-14-33(4)23-30-46-37-16-7-6-15-36(37)39(44)40-35-20-17-34(18-21-35)19-22-38(43)45-29-10-24-42-27-25-41(5)26-28-42/h6-7,11,13,15-23H,8-10,12,14,24-30H2,1-5H3,(H,40,44)/b22-19+,32-13+,33-23+. The number of ether oxygens (including phenoxy) is 1. The number of amides is 1. The van der Waals surface area contributed by atoms with Crippen molar-refractivity contribution in [2.75, 3.05) is 57.4 Å². The van der Waals surface area contributed by atoms with Crippen LogP contribution in [0.4, 0.5) is 5.69 Å². The number of carbonyl (C=O) groups is 2. The molecule has 0 atom stereocenters. The maximum atomic E-state index is 13.2. The zero-order valence-corrected chi connectivity index (χ0v) is 29.3. The van der Waals surface area contributed by atoms with Crippen molar-refractivity contribution in [2.45, 2.75) is 64.7 Å².